The third-order valence-electron chi connectivity index (χ3n) is 6.65. The van der Waals surface area contributed by atoms with Gasteiger partial charge in [0.15, 0.2) is 4.34 Å². The first kappa shape index (κ1) is 33.2. The number of imide groups is 1. The Balaban J connectivity index is 1.43. The average molecular weight is 665 g/mol. The highest BCUT2D eigenvalue weighted by Crippen LogP contribution is 2.35. The predicted octanol–water partition coefficient (Wildman–Crippen LogP) is 6.86. The van der Waals surface area contributed by atoms with Gasteiger partial charge in [-0.2, -0.15) is 0 Å². The minimum Gasteiger partial charge on any atom is -0.443 e. The van der Waals surface area contributed by atoms with Crippen LogP contribution in [0.1, 0.15) is 46.1 Å². The highest BCUT2D eigenvalue weighted by Gasteiger charge is 2.30. The van der Waals surface area contributed by atoms with Crippen LogP contribution in [-0.4, -0.2) is 63.4 Å². The van der Waals surface area contributed by atoms with Crippen LogP contribution in [0.25, 0.3) is 11.3 Å². The van der Waals surface area contributed by atoms with Gasteiger partial charge in [-0.05, 0) is 63.4 Å². The lowest BCUT2D eigenvalue weighted by molar-refractivity contribution is -0.126. The third kappa shape index (κ3) is 8.93. The molecule has 0 radical (unpaired) electrons. The van der Waals surface area contributed by atoms with Gasteiger partial charge in [-0.1, -0.05) is 41.4 Å². The van der Waals surface area contributed by atoms with Crippen molar-refractivity contribution < 1.29 is 19.1 Å². The van der Waals surface area contributed by atoms with Crippen LogP contribution in [0.15, 0.2) is 52.2 Å². The zero-order valence-electron chi connectivity index (χ0n) is 24.5. The van der Waals surface area contributed by atoms with Crippen molar-refractivity contribution in [2.24, 2.45) is 5.73 Å². The van der Waals surface area contributed by atoms with E-state index >= 15 is 0 Å². The van der Waals surface area contributed by atoms with E-state index < -0.39 is 17.6 Å². The number of anilines is 1. The number of halogens is 2. The van der Waals surface area contributed by atoms with Crippen molar-refractivity contribution >= 4 is 70.1 Å². The molecule has 1 saturated heterocycles. The van der Waals surface area contributed by atoms with Crippen LogP contribution in [0, 0.1) is 0 Å². The summed E-state index contributed by atoms with van der Waals surface area (Å²) in [6.45, 7) is 8.88. The average Bonchev–Trinajstić information content (AvgIpc) is 3.42. The van der Waals surface area contributed by atoms with Crippen LogP contribution in [0.5, 0.6) is 0 Å². The third-order valence-corrected chi connectivity index (χ3v) is 9.53. The van der Waals surface area contributed by atoms with E-state index in [1.54, 1.807) is 45.9 Å². The maximum Gasteiger partial charge on any atom is 0.421 e. The Labute approximate surface area is 270 Å². The Hall–Kier alpha value is -2.67. The van der Waals surface area contributed by atoms with E-state index in [2.05, 4.69) is 4.90 Å². The molecule has 1 aliphatic rings. The topological polar surface area (TPSA) is 109 Å². The van der Waals surface area contributed by atoms with E-state index in [9.17, 15) is 14.4 Å². The van der Waals surface area contributed by atoms with E-state index in [0.717, 1.165) is 47.3 Å². The summed E-state index contributed by atoms with van der Waals surface area (Å²) in [5, 5.41) is 2.98. The highest BCUT2D eigenvalue weighted by molar-refractivity contribution is 7.99. The van der Waals surface area contributed by atoms with Gasteiger partial charge in [0.1, 0.15) is 5.60 Å². The number of aromatic nitrogens is 1. The van der Waals surface area contributed by atoms with Gasteiger partial charge < -0.3 is 10.5 Å². The van der Waals surface area contributed by atoms with E-state index in [-0.39, 0.29) is 18.5 Å². The normalized spacial score (nSPS) is 14.4. The molecule has 0 aliphatic carbocycles. The summed E-state index contributed by atoms with van der Waals surface area (Å²) in [6, 6.07) is 12.7. The SMILES string of the molecule is CC(=O)N(Sc1nc(-c2cccc(N(C(=O)CN)C(=O)OC(C)(C)C)c2)cs1)C1CCN(Cc2ccc(Cl)c(Cl)c2)CC1. The van der Waals surface area contributed by atoms with Crippen LogP contribution < -0.4 is 10.6 Å². The molecule has 3 aromatic rings. The first-order valence-corrected chi connectivity index (χ1v) is 16.2. The van der Waals surface area contributed by atoms with Crippen LogP contribution in [-0.2, 0) is 20.9 Å². The zero-order valence-corrected chi connectivity index (χ0v) is 27.7. The van der Waals surface area contributed by atoms with Gasteiger partial charge in [0.05, 0.1) is 28.0 Å². The first-order chi connectivity index (χ1) is 20.3. The smallest absolute Gasteiger partial charge is 0.421 e. The van der Waals surface area contributed by atoms with Gasteiger partial charge in [0, 0.05) is 55.5 Å². The van der Waals surface area contributed by atoms with Crippen LogP contribution in [0.4, 0.5) is 10.5 Å². The van der Waals surface area contributed by atoms with Gasteiger partial charge in [0.25, 0.3) is 0 Å². The molecule has 0 saturated carbocycles. The number of rotatable bonds is 8. The quantitative estimate of drug-likeness (QED) is 0.260. The maximum atomic E-state index is 12.8. The number of ether oxygens (including phenoxy) is 1. The van der Waals surface area contributed by atoms with Gasteiger partial charge in [-0.25, -0.2) is 14.7 Å². The number of thiazole rings is 1. The number of nitrogens with zero attached hydrogens (tertiary/aromatic N) is 4. The lowest BCUT2D eigenvalue weighted by Crippen LogP contribution is -2.43. The largest absolute Gasteiger partial charge is 0.443 e. The Bertz CT molecular complexity index is 1470. The molecule has 0 bridgehead atoms. The minimum absolute atomic E-state index is 0.0278. The molecule has 9 nitrogen and oxygen atoms in total. The first-order valence-electron chi connectivity index (χ1n) is 13.8. The van der Waals surface area contributed by atoms with Gasteiger partial charge >= 0.3 is 6.09 Å². The number of amides is 3. The van der Waals surface area contributed by atoms with Crippen LogP contribution in [0.2, 0.25) is 10.0 Å². The molecule has 1 fully saturated rings. The summed E-state index contributed by atoms with van der Waals surface area (Å²) in [4.78, 5) is 46.2. The molecule has 2 heterocycles. The zero-order chi connectivity index (χ0) is 31.3. The standard InChI is InChI=1S/C30H35Cl2N5O4S2/c1-19(38)37(22-10-12-35(13-11-22)17-20-8-9-24(31)25(32)14-20)43-28-34-26(18-42-28)21-6-5-7-23(15-21)36(27(39)16-33)29(40)41-30(2,3)4/h5-9,14-15,18,22H,10-13,16-17,33H2,1-4H3. The summed E-state index contributed by atoms with van der Waals surface area (Å²) >= 11 is 15.0. The van der Waals surface area contributed by atoms with Crippen molar-refractivity contribution in [3.63, 3.8) is 0 Å². The molecule has 1 aliphatic heterocycles. The van der Waals surface area contributed by atoms with Crippen molar-refractivity contribution in [1.29, 1.82) is 0 Å². The van der Waals surface area contributed by atoms with Gasteiger partial charge in [-0.15, -0.1) is 11.3 Å². The Kier molecular flexibility index (Phi) is 11.1. The fourth-order valence-corrected chi connectivity index (χ4v) is 6.90. The Morgan fingerprint density at radius 3 is 2.47 bits per heavy atom. The molecule has 1 aromatic heterocycles. The van der Waals surface area contributed by atoms with E-state index in [4.69, 9.17) is 38.7 Å². The fourth-order valence-electron chi connectivity index (χ4n) is 4.67. The number of piperidine rings is 1. The number of benzene rings is 2. The Morgan fingerprint density at radius 2 is 1.84 bits per heavy atom. The molecule has 2 aromatic carbocycles. The van der Waals surface area contributed by atoms with E-state index in [1.807, 2.05) is 34.0 Å². The lowest BCUT2D eigenvalue weighted by atomic mass is 10.0. The summed E-state index contributed by atoms with van der Waals surface area (Å²) in [6.07, 6.45) is 0.878. The fraction of sp³-hybridized carbons (Fsp3) is 0.400. The minimum atomic E-state index is -0.797. The van der Waals surface area contributed by atoms with Crippen molar-refractivity contribution in [1.82, 2.24) is 14.2 Å². The second-order valence-electron chi connectivity index (χ2n) is 11.2. The van der Waals surface area contributed by atoms with Crippen LogP contribution in [0.3, 0.4) is 0 Å². The second kappa shape index (κ2) is 14.4. The van der Waals surface area contributed by atoms with Gasteiger partial charge in [-0.3, -0.25) is 18.8 Å². The summed E-state index contributed by atoms with van der Waals surface area (Å²) < 4.78 is 7.98. The molecular formula is C30H35Cl2N5O4S2. The molecule has 4 rings (SSSR count). The molecule has 0 unspecified atom stereocenters. The van der Waals surface area contributed by atoms with Crippen molar-refractivity contribution in [3.8, 4) is 11.3 Å². The van der Waals surface area contributed by atoms with E-state index in [0.29, 0.717) is 27.0 Å². The predicted molar refractivity (Wildman–Crippen MR) is 173 cm³/mol. The number of hydrogen-bond donors (Lipinski definition) is 1. The number of carbonyl (C=O) groups excluding carboxylic acids is 3. The molecule has 2 N–H and O–H groups in total. The summed E-state index contributed by atoms with van der Waals surface area (Å²) in [5.41, 5.74) is 7.62. The van der Waals surface area contributed by atoms with Crippen molar-refractivity contribution in [3.05, 3.63) is 63.5 Å². The molecule has 0 spiro atoms. The Morgan fingerprint density at radius 1 is 1.12 bits per heavy atom. The summed E-state index contributed by atoms with van der Waals surface area (Å²) in [7, 11) is 0. The van der Waals surface area contributed by atoms with Crippen LogP contribution >= 0.6 is 46.5 Å². The molecule has 43 heavy (non-hydrogen) atoms. The molecule has 230 valence electrons. The monoisotopic (exact) mass is 663 g/mol. The lowest BCUT2D eigenvalue weighted by Gasteiger charge is -2.37. The molecule has 0 atom stereocenters. The highest BCUT2D eigenvalue weighted by atomic mass is 35.5. The second-order valence-corrected chi connectivity index (χ2v) is 14.0. The van der Waals surface area contributed by atoms with E-state index in [1.165, 1.54) is 23.3 Å². The number of hydrogen-bond acceptors (Lipinski definition) is 9. The summed E-state index contributed by atoms with van der Waals surface area (Å²) in [5.74, 6) is -0.610. The van der Waals surface area contributed by atoms with Crippen molar-refractivity contribution in [2.45, 2.75) is 63.1 Å². The number of likely N-dealkylation sites (tertiary alicyclic amines) is 1. The number of nitrogens with two attached hydrogens (primary N) is 1. The molecule has 13 heteroatoms. The number of carbonyl (C=O) groups is 3. The van der Waals surface area contributed by atoms with Crippen molar-refractivity contribution in [2.75, 3.05) is 24.5 Å². The maximum absolute atomic E-state index is 12.8. The van der Waals surface area contributed by atoms with Gasteiger partial charge in [0.2, 0.25) is 11.8 Å². The molecular weight excluding hydrogens is 629 g/mol. The molecule has 3 amide bonds.